The first-order valence-electron chi connectivity index (χ1n) is 22.6. The Balaban J connectivity index is 1.14. The van der Waals surface area contributed by atoms with Crippen LogP contribution in [0.25, 0.3) is 34.4 Å². The molecule has 5 aromatic rings. The number of rotatable bonds is 20. The van der Waals surface area contributed by atoms with E-state index >= 15 is 0 Å². The van der Waals surface area contributed by atoms with Crippen LogP contribution in [0.15, 0.2) is 95.6 Å². The van der Waals surface area contributed by atoms with Crippen LogP contribution in [-0.2, 0) is 30.1 Å². The van der Waals surface area contributed by atoms with Crippen LogP contribution < -0.4 is 10.4 Å². The van der Waals surface area contributed by atoms with E-state index in [4.69, 9.17) is 9.40 Å². The van der Waals surface area contributed by atoms with Gasteiger partial charge in [0.15, 0.2) is 11.5 Å². The topological polar surface area (TPSA) is 41.3 Å². The monoisotopic (exact) mass is 778 g/mol. The summed E-state index contributed by atoms with van der Waals surface area (Å²) < 4.78 is 6.27. The molecular weight excluding hydrogens is 707 g/mol. The zero-order chi connectivity index (χ0) is 41.0. The summed E-state index contributed by atoms with van der Waals surface area (Å²) in [5.74, 6) is 0.851. The van der Waals surface area contributed by atoms with Crippen molar-refractivity contribution in [1.29, 1.82) is 0 Å². The van der Waals surface area contributed by atoms with E-state index in [2.05, 4.69) is 162 Å². The third kappa shape index (κ3) is 12.2. The van der Waals surface area contributed by atoms with Gasteiger partial charge >= 0.3 is 0 Å². The molecule has 0 unspecified atom stereocenters. The summed E-state index contributed by atoms with van der Waals surface area (Å²) in [5.41, 5.74) is 17.3. The Morgan fingerprint density at radius 1 is 0.638 bits per heavy atom. The van der Waals surface area contributed by atoms with Crippen molar-refractivity contribution in [3.8, 4) is 11.1 Å². The van der Waals surface area contributed by atoms with E-state index in [-0.39, 0.29) is 10.8 Å². The van der Waals surface area contributed by atoms with Gasteiger partial charge in [0.2, 0.25) is 0 Å². The molecule has 2 heterocycles. The zero-order valence-corrected chi connectivity index (χ0v) is 36.9. The van der Waals surface area contributed by atoms with Crippen LogP contribution in [0, 0.1) is 0 Å². The quantitative estimate of drug-likeness (QED) is 0.0631. The van der Waals surface area contributed by atoms with Gasteiger partial charge in [-0.2, -0.15) is 0 Å². The molecule has 4 heteroatoms. The lowest BCUT2D eigenvalue weighted by Crippen LogP contribution is -2.30. The fourth-order valence-corrected chi connectivity index (χ4v) is 8.15. The smallest absolute Gasteiger partial charge is 0.195 e. The molecule has 0 radical (unpaired) electrons. The molecule has 58 heavy (non-hydrogen) atoms. The molecule has 0 bridgehead atoms. The summed E-state index contributed by atoms with van der Waals surface area (Å²) in [7, 11) is 0. The first kappa shape index (κ1) is 43.0. The number of aromatic nitrogens is 1. The molecule has 6 rings (SSSR count). The second kappa shape index (κ2) is 20.4. The van der Waals surface area contributed by atoms with Crippen molar-refractivity contribution in [3.63, 3.8) is 0 Å². The number of oxazole rings is 1. The predicted molar refractivity (Wildman–Crippen MR) is 250 cm³/mol. The van der Waals surface area contributed by atoms with Crippen molar-refractivity contribution in [2.24, 2.45) is 0 Å². The van der Waals surface area contributed by atoms with Crippen LogP contribution in [0.2, 0.25) is 0 Å². The maximum Gasteiger partial charge on any atom is 0.195 e. The molecule has 0 fully saturated rings. The molecule has 1 N–H and O–H groups in total. The van der Waals surface area contributed by atoms with Crippen LogP contribution in [0.4, 0.5) is 5.69 Å². The van der Waals surface area contributed by atoms with Crippen LogP contribution in [0.1, 0.15) is 165 Å². The van der Waals surface area contributed by atoms with Gasteiger partial charge in [0.1, 0.15) is 5.52 Å². The highest BCUT2D eigenvalue weighted by Crippen LogP contribution is 2.35. The average molecular weight is 778 g/mol. The fourth-order valence-electron chi connectivity index (χ4n) is 8.15. The fraction of sp³-hybridized carbons (Fsp3) is 0.463. The Labute approximate surface area is 351 Å². The number of unbranched alkanes of at least 4 members (excludes halogenated alkanes) is 10. The van der Waals surface area contributed by atoms with Crippen molar-refractivity contribution < 1.29 is 4.42 Å². The lowest BCUT2D eigenvalue weighted by molar-refractivity contribution is 0.514. The largest absolute Gasteiger partial charge is 0.441 e. The van der Waals surface area contributed by atoms with Crippen LogP contribution >= 0.6 is 0 Å². The third-order valence-corrected chi connectivity index (χ3v) is 11.9. The molecule has 0 saturated carbocycles. The van der Waals surface area contributed by atoms with E-state index in [1.54, 1.807) is 0 Å². The Bertz CT molecular complexity index is 2080. The highest BCUT2D eigenvalue weighted by atomic mass is 16.3. The lowest BCUT2D eigenvalue weighted by Gasteiger charge is -2.25. The number of anilines is 1. The molecule has 308 valence electrons. The summed E-state index contributed by atoms with van der Waals surface area (Å²) in [4.78, 5) is 4.96. The van der Waals surface area contributed by atoms with Crippen LogP contribution in [0.5, 0.6) is 0 Å². The molecule has 4 nitrogen and oxygen atoms in total. The van der Waals surface area contributed by atoms with Crippen molar-refractivity contribution in [3.05, 3.63) is 130 Å². The van der Waals surface area contributed by atoms with Gasteiger partial charge < -0.3 is 9.84 Å². The number of aryl methyl sites for hydroxylation is 2. The molecule has 1 aromatic heterocycles. The van der Waals surface area contributed by atoms with Crippen molar-refractivity contribution in [1.82, 2.24) is 10.4 Å². The van der Waals surface area contributed by atoms with Crippen molar-refractivity contribution in [2.45, 2.75) is 156 Å². The number of hydrazine groups is 1. The van der Waals surface area contributed by atoms with Gasteiger partial charge in [0, 0.05) is 12.6 Å². The highest BCUT2D eigenvalue weighted by molar-refractivity contribution is 5.81. The lowest BCUT2D eigenvalue weighted by atomic mass is 9.86. The van der Waals surface area contributed by atoms with Gasteiger partial charge in [-0.05, 0) is 118 Å². The maximum atomic E-state index is 6.27. The number of benzene rings is 4. The SMILES string of the molecule is CCCCCCCCCCCCc1ccc2oc(CCCCc3c(C=Cc4ccc(C(C)(C)C)cc4)cc(-c4ccc(C(C)(C)C)cc4)cc3N3CC=CN3)nc2c1. The minimum atomic E-state index is 0.113. The molecule has 1 aliphatic heterocycles. The minimum absolute atomic E-state index is 0.113. The highest BCUT2D eigenvalue weighted by Gasteiger charge is 2.19. The summed E-state index contributed by atoms with van der Waals surface area (Å²) in [6, 6.07) is 29.6. The van der Waals surface area contributed by atoms with E-state index < -0.39 is 0 Å². The molecule has 0 saturated heterocycles. The van der Waals surface area contributed by atoms with Gasteiger partial charge in [-0.15, -0.1) is 0 Å². The van der Waals surface area contributed by atoms with Crippen LogP contribution in [0.3, 0.4) is 0 Å². The number of nitrogens with one attached hydrogen (secondary N) is 1. The molecule has 0 amide bonds. The Morgan fingerprint density at radius 2 is 1.26 bits per heavy atom. The standard InChI is InChI=1S/C54H71N3O/c1-8-9-10-11-12-13-14-15-16-17-21-42-27-35-51-49(38-42)56-52(58-51)23-19-18-22-48-44(28-24-41-25-31-46(32-26-41)53(2,3)4)39-45(40-50(48)57-37-20-36-55-57)43-29-33-47(34-30-43)54(5,6)7/h20,24-36,38-40,55H,8-19,21-23,37H2,1-7H3. The van der Waals surface area contributed by atoms with E-state index in [9.17, 15) is 0 Å². The molecule has 0 atom stereocenters. The number of nitrogens with zero attached hydrogens (tertiary/aromatic N) is 2. The van der Waals surface area contributed by atoms with Gasteiger partial charge in [0.05, 0.1) is 12.2 Å². The van der Waals surface area contributed by atoms with Crippen molar-refractivity contribution in [2.75, 3.05) is 11.6 Å². The molecule has 1 aliphatic rings. The molecule has 4 aromatic carbocycles. The predicted octanol–water partition coefficient (Wildman–Crippen LogP) is 15.1. The Hall–Kier alpha value is -4.57. The minimum Gasteiger partial charge on any atom is -0.441 e. The van der Waals surface area contributed by atoms with E-state index in [0.717, 1.165) is 55.6 Å². The zero-order valence-electron chi connectivity index (χ0n) is 36.9. The first-order valence-corrected chi connectivity index (χ1v) is 22.6. The second-order valence-electron chi connectivity index (χ2n) is 18.8. The van der Waals surface area contributed by atoms with Crippen molar-refractivity contribution >= 4 is 28.9 Å². The number of hydrogen-bond donors (Lipinski definition) is 1. The number of hydrogen-bond acceptors (Lipinski definition) is 4. The maximum absolute atomic E-state index is 6.27. The Kier molecular flexibility index (Phi) is 15.1. The molecule has 0 aliphatic carbocycles. The Morgan fingerprint density at radius 3 is 1.90 bits per heavy atom. The number of fused-ring (bicyclic) bond motifs is 1. The van der Waals surface area contributed by atoms with Gasteiger partial charge in [0.25, 0.3) is 0 Å². The second-order valence-corrected chi connectivity index (χ2v) is 18.8. The van der Waals surface area contributed by atoms with E-state index in [1.807, 2.05) is 0 Å². The van der Waals surface area contributed by atoms with E-state index in [0.29, 0.717) is 0 Å². The average Bonchev–Trinajstić information content (AvgIpc) is 3.89. The molecule has 0 spiro atoms. The first-order chi connectivity index (χ1) is 28.0. The van der Waals surface area contributed by atoms with Crippen LogP contribution in [-0.4, -0.2) is 11.5 Å². The third-order valence-electron chi connectivity index (χ3n) is 11.9. The summed E-state index contributed by atoms with van der Waals surface area (Å²) in [6.45, 7) is 16.8. The van der Waals surface area contributed by atoms with Gasteiger partial charge in [-0.25, -0.2) is 4.98 Å². The normalized spacial score (nSPS) is 13.3. The summed E-state index contributed by atoms with van der Waals surface area (Å²) in [6.07, 6.45) is 27.5. The molecular formula is C54H71N3O. The van der Waals surface area contributed by atoms with E-state index in [1.165, 1.54) is 114 Å². The summed E-state index contributed by atoms with van der Waals surface area (Å²) in [5, 5.41) is 2.28. The summed E-state index contributed by atoms with van der Waals surface area (Å²) >= 11 is 0. The van der Waals surface area contributed by atoms with Gasteiger partial charge in [-0.1, -0.05) is 173 Å². The van der Waals surface area contributed by atoms with Gasteiger partial charge in [-0.3, -0.25) is 5.01 Å².